The van der Waals surface area contributed by atoms with Gasteiger partial charge in [0.2, 0.25) is 22.2 Å². The molecule has 1 aliphatic carbocycles. The van der Waals surface area contributed by atoms with Gasteiger partial charge in [0, 0.05) is 11.1 Å². The SMILES string of the molecule is O=C1c2ccccc2C(=O)c2c1n[n+](O)n2Cc1ccccc1. The van der Waals surface area contributed by atoms with Crippen molar-refractivity contribution in [2.24, 2.45) is 0 Å². The van der Waals surface area contributed by atoms with Gasteiger partial charge in [-0.05, 0) is 5.56 Å². The maximum Gasteiger partial charge on any atom is 0.231 e. The minimum Gasteiger partial charge on any atom is -0.287 e. The Morgan fingerprint density at radius 3 is 2.22 bits per heavy atom. The average Bonchev–Trinajstić information content (AvgIpc) is 2.91. The van der Waals surface area contributed by atoms with Gasteiger partial charge in [0.05, 0.1) is 5.10 Å². The molecule has 0 fully saturated rings. The molecular formula is C17H12N3O3+. The van der Waals surface area contributed by atoms with Crippen molar-refractivity contribution >= 4 is 11.6 Å². The number of hydrogen-bond acceptors (Lipinski definition) is 4. The zero-order chi connectivity index (χ0) is 16.0. The zero-order valence-corrected chi connectivity index (χ0v) is 12.0. The van der Waals surface area contributed by atoms with E-state index in [9.17, 15) is 14.8 Å². The summed E-state index contributed by atoms with van der Waals surface area (Å²) in [5.41, 5.74) is 1.62. The molecule has 1 aliphatic rings. The standard InChI is InChI=1S/C17H12N3O3/c21-16-12-8-4-5-9-13(12)17(22)15-14(16)18-20(23)19(15)10-11-6-2-1-3-7-11/h1-9H,10H2,(H,18,23)/q+1. The highest BCUT2D eigenvalue weighted by Gasteiger charge is 2.40. The number of nitrogens with zero attached hydrogens (tertiary/aromatic N) is 3. The normalized spacial score (nSPS) is 12.9. The summed E-state index contributed by atoms with van der Waals surface area (Å²) < 4.78 is 1.31. The minimum atomic E-state index is -0.357. The summed E-state index contributed by atoms with van der Waals surface area (Å²) in [6.07, 6.45) is 0. The van der Waals surface area contributed by atoms with Gasteiger partial charge in [0.15, 0.2) is 5.69 Å². The van der Waals surface area contributed by atoms with Gasteiger partial charge in [-0.3, -0.25) is 9.59 Å². The second kappa shape index (κ2) is 4.88. The second-order valence-electron chi connectivity index (χ2n) is 5.31. The van der Waals surface area contributed by atoms with E-state index in [-0.39, 0.29) is 29.5 Å². The Morgan fingerprint density at radius 1 is 0.913 bits per heavy atom. The Bertz CT molecular complexity index is 945. The van der Waals surface area contributed by atoms with Crippen LogP contribution in [0.25, 0.3) is 0 Å². The molecule has 0 atom stereocenters. The Labute approximate surface area is 131 Å². The topological polar surface area (TPSA) is 76.1 Å². The van der Waals surface area contributed by atoms with Crippen molar-refractivity contribution in [3.8, 4) is 0 Å². The van der Waals surface area contributed by atoms with Crippen molar-refractivity contribution in [2.45, 2.75) is 6.54 Å². The van der Waals surface area contributed by atoms with Crippen molar-refractivity contribution in [3.63, 3.8) is 0 Å². The highest BCUT2D eigenvalue weighted by molar-refractivity contribution is 6.26. The first-order chi connectivity index (χ1) is 11.2. The summed E-state index contributed by atoms with van der Waals surface area (Å²) in [7, 11) is 0. The largest absolute Gasteiger partial charge is 0.287 e. The summed E-state index contributed by atoms with van der Waals surface area (Å²) >= 11 is 0. The summed E-state index contributed by atoms with van der Waals surface area (Å²) in [5.74, 6) is -0.670. The van der Waals surface area contributed by atoms with E-state index in [1.54, 1.807) is 24.3 Å². The minimum absolute atomic E-state index is 0.0212. The molecule has 23 heavy (non-hydrogen) atoms. The molecule has 4 rings (SSSR count). The molecule has 112 valence electrons. The summed E-state index contributed by atoms with van der Waals surface area (Å²) in [5, 5.41) is 13.9. The summed E-state index contributed by atoms with van der Waals surface area (Å²) in [6.45, 7) is 0.237. The number of hydrogen-bond donors (Lipinski definition) is 1. The molecule has 0 amide bonds. The van der Waals surface area contributed by atoms with Gasteiger partial charge in [0.25, 0.3) is 0 Å². The second-order valence-corrected chi connectivity index (χ2v) is 5.31. The van der Waals surface area contributed by atoms with Gasteiger partial charge in [-0.1, -0.05) is 59.3 Å². The van der Waals surface area contributed by atoms with Gasteiger partial charge in [-0.2, -0.15) is 0 Å². The molecule has 6 nitrogen and oxygen atoms in total. The highest BCUT2D eigenvalue weighted by Crippen LogP contribution is 2.25. The summed E-state index contributed by atoms with van der Waals surface area (Å²) in [6, 6.07) is 16.0. The molecule has 6 heteroatoms. The van der Waals surface area contributed by atoms with Crippen LogP contribution in [-0.2, 0) is 6.54 Å². The first kappa shape index (κ1) is 13.4. The van der Waals surface area contributed by atoms with E-state index in [0.29, 0.717) is 16.1 Å². The molecule has 1 N–H and O–H groups in total. The molecule has 0 bridgehead atoms. The van der Waals surface area contributed by atoms with Crippen molar-refractivity contribution in [3.05, 3.63) is 82.7 Å². The van der Waals surface area contributed by atoms with Crippen LogP contribution in [0.5, 0.6) is 0 Å². The molecule has 0 spiro atoms. The lowest BCUT2D eigenvalue weighted by Gasteiger charge is -2.11. The lowest BCUT2D eigenvalue weighted by atomic mass is 9.90. The Balaban J connectivity index is 1.88. The predicted octanol–water partition coefficient (Wildman–Crippen LogP) is 1.23. The fraction of sp³-hybridized carbons (Fsp3) is 0.0588. The third kappa shape index (κ3) is 1.96. The first-order valence-corrected chi connectivity index (χ1v) is 7.11. The van der Waals surface area contributed by atoms with Gasteiger partial charge in [-0.15, -0.1) is 0 Å². The van der Waals surface area contributed by atoms with E-state index in [4.69, 9.17) is 0 Å². The quantitative estimate of drug-likeness (QED) is 0.446. The molecule has 1 heterocycles. The fourth-order valence-corrected chi connectivity index (χ4v) is 2.81. The fourth-order valence-electron chi connectivity index (χ4n) is 2.81. The molecule has 2 aromatic carbocycles. The number of carbonyl (C=O) groups is 2. The molecule has 0 radical (unpaired) electrons. The van der Waals surface area contributed by atoms with Crippen LogP contribution in [-0.4, -0.2) is 26.6 Å². The van der Waals surface area contributed by atoms with Crippen molar-refractivity contribution in [1.29, 1.82) is 0 Å². The van der Waals surface area contributed by atoms with E-state index in [1.807, 2.05) is 30.3 Å². The van der Waals surface area contributed by atoms with Gasteiger partial charge < -0.3 is 0 Å². The van der Waals surface area contributed by atoms with Crippen LogP contribution >= 0.6 is 0 Å². The lowest BCUT2D eigenvalue weighted by molar-refractivity contribution is -1.00. The number of rotatable bonds is 2. The molecular weight excluding hydrogens is 294 g/mol. The molecule has 0 saturated heterocycles. The Kier molecular flexibility index (Phi) is 2.84. The van der Waals surface area contributed by atoms with E-state index < -0.39 is 0 Å². The van der Waals surface area contributed by atoms with Gasteiger partial charge in [0.1, 0.15) is 6.54 Å². The monoisotopic (exact) mass is 306 g/mol. The van der Waals surface area contributed by atoms with E-state index in [1.165, 1.54) is 4.68 Å². The van der Waals surface area contributed by atoms with Crippen molar-refractivity contribution < 1.29 is 19.8 Å². The van der Waals surface area contributed by atoms with Crippen LogP contribution in [0.2, 0.25) is 0 Å². The lowest BCUT2D eigenvalue weighted by Crippen LogP contribution is -2.44. The molecule has 0 saturated carbocycles. The van der Waals surface area contributed by atoms with Crippen molar-refractivity contribution in [1.82, 2.24) is 9.78 Å². The van der Waals surface area contributed by atoms with E-state index in [0.717, 1.165) is 5.56 Å². The van der Waals surface area contributed by atoms with Crippen molar-refractivity contribution in [2.75, 3.05) is 0 Å². The van der Waals surface area contributed by atoms with E-state index in [2.05, 4.69) is 5.10 Å². The van der Waals surface area contributed by atoms with Crippen LogP contribution in [0, 0.1) is 0 Å². The Hall–Kier alpha value is -3.28. The van der Waals surface area contributed by atoms with Crippen LogP contribution in [0.3, 0.4) is 0 Å². The van der Waals surface area contributed by atoms with Crippen LogP contribution in [0.15, 0.2) is 54.6 Å². The number of ketones is 2. The van der Waals surface area contributed by atoms with Gasteiger partial charge >= 0.3 is 0 Å². The van der Waals surface area contributed by atoms with Gasteiger partial charge in [-0.25, -0.2) is 5.21 Å². The molecule has 3 aromatic rings. The highest BCUT2D eigenvalue weighted by atomic mass is 16.5. The van der Waals surface area contributed by atoms with Crippen LogP contribution in [0.1, 0.15) is 37.7 Å². The van der Waals surface area contributed by atoms with E-state index >= 15 is 0 Å². The number of aromatic nitrogens is 3. The summed E-state index contributed by atoms with van der Waals surface area (Å²) in [4.78, 5) is 25.8. The average molecular weight is 306 g/mol. The smallest absolute Gasteiger partial charge is 0.231 e. The number of carbonyl (C=O) groups excluding carboxylic acids is 2. The maximum absolute atomic E-state index is 12.7. The maximum atomic E-state index is 12.7. The molecule has 1 aromatic heterocycles. The molecule has 0 aliphatic heterocycles. The Morgan fingerprint density at radius 2 is 1.52 bits per heavy atom. The third-order valence-electron chi connectivity index (χ3n) is 3.91. The number of benzene rings is 2. The molecule has 0 unspecified atom stereocenters. The zero-order valence-electron chi connectivity index (χ0n) is 12.0. The number of fused-ring (bicyclic) bond motifs is 2. The first-order valence-electron chi connectivity index (χ1n) is 7.11. The van der Waals surface area contributed by atoms with Crippen LogP contribution < -0.4 is 4.96 Å². The predicted molar refractivity (Wildman–Crippen MR) is 78.5 cm³/mol. The van der Waals surface area contributed by atoms with Crippen LogP contribution in [0.4, 0.5) is 0 Å². The third-order valence-corrected chi connectivity index (χ3v) is 3.91.